The number of hydrogen-bond acceptors (Lipinski definition) is 6. The molecule has 0 N–H and O–H groups in total. The van der Waals surface area contributed by atoms with E-state index in [9.17, 15) is 9.90 Å². The van der Waals surface area contributed by atoms with Gasteiger partial charge in [0.25, 0.3) is 0 Å². The van der Waals surface area contributed by atoms with Crippen molar-refractivity contribution < 1.29 is 33.3 Å². The Morgan fingerprint density at radius 3 is 2.00 bits per heavy atom. The van der Waals surface area contributed by atoms with Crippen LogP contribution in [-0.2, 0) is 23.7 Å². The molecular weight excluding hydrogens is 278 g/mol. The van der Waals surface area contributed by atoms with Crippen LogP contribution in [0.2, 0.25) is 0 Å². The first-order valence-corrected chi connectivity index (χ1v) is 7.22. The number of ether oxygens (including phenoxy) is 4. The number of aliphatic carboxylic acids is 1. The van der Waals surface area contributed by atoms with E-state index >= 15 is 0 Å². The van der Waals surface area contributed by atoms with Crippen molar-refractivity contribution in [3.8, 4) is 0 Å². The number of carboxylic acids is 1. The predicted octanol–water partition coefficient (Wildman–Crippen LogP) is -1.10. The number of rotatable bonds is 9. The summed E-state index contributed by atoms with van der Waals surface area (Å²) >= 11 is 0. The normalized spacial score (nSPS) is 16.9. The van der Waals surface area contributed by atoms with E-state index in [1.54, 1.807) is 7.11 Å². The summed E-state index contributed by atoms with van der Waals surface area (Å²) in [5, 5.41) is 9.93. The third-order valence-corrected chi connectivity index (χ3v) is 2.94. The molecule has 1 aliphatic rings. The minimum atomic E-state index is -1.10. The number of carbonyl (C=O) groups excluding carboxylic acids is 1. The first kappa shape index (κ1) is 20.3. The van der Waals surface area contributed by atoms with Gasteiger partial charge in [0.05, 0.1) is 60.3 Å². The summed E-state index contributed by atoms with van der Waals surface area (Å²) in [7, 11) is 6.07. The largest absolute Gasteiger partial charge is 0.550 e. The van der Waals surface area contributed by atoms with Gasteiger partial charge < -0.3 is 33.3 Å². The summed E-state index contributed by atoms with van der Waals surface area (Å²) in [5.41, 5.74) is 0. The van der Waals surface area contributed by atoms with Gasteiger partial charge in [-0.05, 0) is 0 Å². The minimum Gasteiger partial charge on any atom is -0.550 e. The van der Waals surface area contributed by atoms with Crippen LogP contribution < -0.4 is 5.11 Å². The van der Waals surface area contributed by atoms with Gasteiger partial charge in [0.2, 0.25) is 0 Å². The monoisotopic (exact) mass is 307 g/mol. The zero-order valence-electron chi connectivity index (χ0n) is 13.5. The highest BCUT2D eigenvalue weighted by atomic mass is 16.5. The number of morpholine rings is 1. The Hall–Kier alpha value is -0.730. The van der Waals surface area contributed by atoms with Crippen LogP contribution in [0.3, 0.4) is 0 Å². The van der Waals surface area contributed by atoms with Crippen molar-refractivity contribution in [3.05, 3.63) is 0 Å². The molecule has 1 heterocycles. The van der Waals surface area contributed by atoms with E-state index < -0.39 is 5.97 Å². The van der Waals surface area contributed by atoms with Gasteiger partial charge in [0, 0.05) is 19.5 Å². The van der Waals surface area contributed by atoms with Gasteiger partial charge in [-0.3, -0.25) is 0 Å². The van der Waals surface area contributed by atoms with Gasteiger partial charge in [-0.1, -0.05) is 0 Å². The van der Waals surface area contributed by atoms with Gasteiger partial charge in [0.15, 0.2) is 0 Å². The lowest BCUT2D eigenvalue weighted by Crippen LogP contribution is -2.48. The molecule has 1 aliphatic heterocycles. The van der Waals surface area contributed by atoms with Crippen molar-refractivity contribution in [2.75, 3.05) is 80.5 Å². The van der Waals surface area contributed by atoms with Crippen molar-refractivity contribution in [1.82, 2.24) is 0 Å². The SMILES string of the molecule is COCCOCCOCCC(=O)[O-].C[N+]1(C)CCOCC1. The molecule has 1 saturated heterocycles. The predicted molar refractivity (Wildman–Crippen MR) is 75.8 cm³/mol. The third-order valence-electron chi connectivity index (χ3n) is 2.94. The second kappa shape index (κ2) is 13.0. The number of likely N-dealkylation sites (N-methyl/N-ethyl adjacent to an activating group) is 1. The lowest BCUT2D eigenvalue weighted by Gasteiger charge is -2.33. The molecule has 0 unspecified atom stereocenters. The van der Waals surface area contributed by atoms with Gasteiger partial charge in [0.1, 0.15) is 13.1 Å². The Balaban J connectivity index is 0.000000423. The molecule has 1 rings (SSSR count). The van der Waals surface area contributed by atoms with Gasteiger partial charge in [-0.25, -0.2) is 0 Å². The molecule has 0 bridgehead atoms. The van der Waals surface area contributed by atoms with Crippen molar-refractivity contribution in [1.29, 1.82) is 0 Å². The van der Waals surface area contributed by atoms with Crippen molar-refractivity contribution >= 4 is 5.97 Å². The number of carbonyl (C=O) groups is 1. The third kappa shape index (κ3) is 15.5. The summed E-state index contributed by atoms with van der Waals surface area (Å²) in [6.07, 6.45) is -0.0714. The Morgan fingerprint density at radius 2 is 1.57 bits per heavy atom. The van der Waals surface area contributed by atoms with Crippen LogP contribution in [0, 0.1) is 0 Å². The molecule has 0 spiro atoms. The summed E-state index contributed by atoms with van der Waals surface area (Å²) in [5.74, 6) is -1.10. The number of hydrogen-bond donors (Lipinski definition) is 0. The van der Waals surface area contributed by atoms with Gasteiger partial charge in [-0.2, -0.15) is 0 Å². The van der Waals surface area contributed by atoms with Crippen LogP contribution in [0.4, 0.5) is 0 Å². The molecule has 126 valence electrons. The number of carboxylic acid groups (broad SMARTS) is 1. The summed E-state index contributed by atoms with van der Waals surface area (Å²) in [6, 6.07) is 0. The van der Waals surface area contributed by atoms with E-state index in [1.165, 1.54) is 13.1 Å². The number of quaternary nitrogens is 1. The minimum absolute atomic E-state index is 0.0714. The van der Waals surface area contributed by atoms with E-state index in [0.29, 0.717) is 26.4 Å². The van der Waals surface area contributed by atoms with Crippen LogP contribution in [0.5, 0.6) is 0 Å². The number of methoxy groups -OCH3 is 1. The molecule has 0 atom stereocenters. The molecule has 7 nitrogen and oxygen atoms in total. The molecule has 21 heavy (non-hydrogen) atoms. The zero-order valence-corrected chi connectivity index (χ0v) is 13.5. The van der Waals surface area contributed by atoms with E-state index in [4.69, 9.17) is 18.9 Å². The fraction of sp³-hybridized carbons (Fsp3) is 0.929. The second-order valence-electron chi connectivity index (χ2n) is 5.33. The highest BCUT2D eigenvalue weighted by Gasteiger charge is 2.18. The van der Waals surface area contributed by atoms with Crippen molar-refractivity contribution in [2.24, 2.45) is 0 Å². The van der Waals surface area contributed by atoms with Crippen molar-refractivity contribution in [2.45, 2.75) is 6.42 Å². The lowest BCUT2D eigenvalue weighted by atomic mass is 10.4. The average molecular weight is 307 g/mol. The fourth-order valence-electron chi connectivity index (χ4n) is 1.46. The van der Waals surface area contributed by atoms with Crippen LogP contribution in [0.1, 0.15) is 6.42 Å². The molecular formula is C14H29NO6. The topological polar surface area (TPSA) is 77.1 Å². The summed E-state index contributed by atoms with van der Waals surface area (Å²) in [6.45, 7) is 6.32. The fourth-order valence-corrected chi connectivity index (χ4v) is 1.46. The number of nitrogens with zero attached hydrogens (tertiary/aromatic N) is 1. The molecule has 0 radical (unpaired) electrons. The molecule has 1 fully saturated rings. The van der Waals surface area contributed by atoms with Gasteiger partial charge in [-0.15, -0.1) is 0 Å². The van der Waals surface area contributed by atoms with E-state index in [2.05, 4.69) is 14.1 Å². The Labute approximate surface area is 127 Å². The van der Waals surface area contributed by atoms with Crippen LogP contribution in [0.15, 0.2) is 0 Å². The Bertz CT molecular complexity index is 252. The molecule has 7 heteroatoms. The Kier molecular flexibility index (Phi) is 12.5. The van der Waals surface area contributed by atoms with E-state index in [1.807, 2.05) is 0 Å². The van der Waals surface area contributed by atoms with Crippen molar-refractivity contribution in [3.63, 3.8) is 0 Å². The molecule has 0 amide bonds. The maximum Gasteiger partial charge on any atom is 0.102 e. The Morgan fingerprint density at radius 1 is 1.05 bits per heavy atom. The van der Waals surface area contributed by atoms with Crippen LogP contribution in [0.25, 0.3) is 0 Å². The van der Waals surface area contributed by atoms with Crippen LogP contribution in [-0.4, -0.2) is 91.0 Å². The average Bonchev–Trinajstić information content (AvgIpc) is 2.42. The smallest absolute Gasteiger partial charge is 0.102 e. The highest BCUT2D eigenvalue weighted by Crippen LogP contribution is 2.01. The van der Waals surface area contributed by atoms with Crippen LogP contribution >= 0.6 is 0 Å². The standard InChI is InChI=1S/C8H16O5.C6H14NO/c1-11-4-5-13-7-6-12-3-2-8(9)10;1-7(2)3-5-8-6-4-7/h2-7H2,1H3,(H,9,10);3-6H2,1-2H3/q;+1/p-1. The molecule has 0 aromatic carbocycles. The summed E-state index contributed by atoms with van der Waals surface area (Å²) < 4.78 is 21.1. The van der Waals surface area contributed by atoms with Gasteiger partial charge >= 0.3 is 0 Å². The molecule has 0 saturated carbocycles. The lowest BCUT2D eigenvalue weighted by molar-refractivity contribution is -0.898. The molecule has 0 aromatic rings. The highest BCUT2D eigenvalue weighted by molar-refractivity contribution is 5.64. The molecule has 0 aromatic heterocycles. The zero-order chi connectivity index (χ0) is 16.0. The van der Waals surface area contributed by atoms with E-state index in [-0.39, 0.29) is 13.0 Å². The first-order chi connectivity index (χ1) is 9.98. The first-order valence-electron chi connectivity index (χ1n) is 7.22. The molecule has 0 aliphatic carbocycles. The van der Waals surface area contributed by atoms with E-state index in [0.717, 1.165) is 17.7 Å². The maximum absolute atomic E-state index is 9.93. The second-order valence-corrected chi connectivity index (χ2v) is 5.33. The quantitative estimate of drug-likeness (QED) is 0.397. The maximum atomic E-state index is 9.93. The summed E-state index contributed by atoms with van der Waals surface area (Å²) in [4.78, 5) is 9.93.